The second-order valence-electron chi connectivity index (χ2n) is 7.07. The molecule has 3 aromatic rings. The smallest absolute Gasteiger partial charge is 0.265 e. The lowest BCUT2D eigenvalue weighted by molar-refractivity contribution is -0.113. The predicted octanol–water partition coefficient (Wildman–Crippen LogP) is 4.18. The van der Waals surface area contributed by atoms with E-state index in [-0.39, 0.29) is 17.6 Å². The SMILES string of the molecule is CCCc1cc(-c2nnc(SCC(=O)Nc3nc(C)c(C(=O)N(C)C)s3)n2CC)cs1. The van der Waals surface area contributed by atoms with Crippen molar-refractivity contribution in [1.82, 2.24) is 24.6 Å². The van der Waals surface area contributed by atoms with Gasteiger partial charge >= 0.3 is 0 Å². The summed E-state index contributed by atoms with van der Waals surface area (Å²) in [6, 6.07) is 2.17. The van der Waals surface area contributed by atoms with Gasteiger partial charge in [0.1, 0.15) is 4.88 Å². The lowest BCUT2D eigenvalue weighted by Gasteiger charge is -2.07. The fourth-order valence-electron chi connectivity index (χ4n) is 2.91. The number of aromatic nitrogens is 4. The van der Waals surface area contributed by atoms with Crippen molar-refractivity contribution < 1.29 is 9.59 Å². The maximum atomic E-state index is 12.4. The number of thioether (sulfide) groups is 1. The van der Waals surface area contributed by atoms with E-state index in [0.29, 0.717) is 27.4 Å². The molecular formula is C20H26N6O2S3. The number of carbonyl (C=O) groups is 2. The quantitative estimate of drug-likeness (QED) is 0.464. The molecule has 0 atom stereocenters. The van der Waals surface area contributed by atoms with E-state index in [9.17, 15) is 9.59 Å². The van der Waals surface area contributed by atoms with E-state index in [1.807, 2.05) is 11.5 Å². The number of hydrogen-bond donors (Lipinski definition) is 1. The molecule has 0 unspecified atom stereocenters. The molecule has 8 nitrogen and oxygen atoms in total. The van der Waals surface area contributed by atoms with Crippen LogP contribution in [0.3, 0.4) is 0 Å². The molecule has 1 N–H and O–H groups in total. The number of amides is 2. The monoisotopic (exact) mass is 478 g/mol. The van der Waals surface area contributed by atoms with Crippen molar-refractivity contribution in [2.24, 2.45) is 0 Å². The zero-order valence-corrected chi connectivity index (χ0v) is 20.7. The number of anilines is 1. The fraction of sp³-hybridized carbons (Fsp3) is 0.450. The Morgan fingerprint density at radius 1 is 1.26 bits per heavy atom. The average Bonchev–Trinajstić information content (AvgIpc) is 3.44. The number of nitrogens with zero attached hydrogens (tertiary/aromatic N) is 5. The maximum Gasteiger partial charge on any atom is 0.265 e. The van der Waals surface area contributed by atoms with Gasteiger partial charge in [-0.25, -0.2) is 4.98 Å². The molecule has 3 aromatic heterocycles. The van der Waals surface area contributed by atoms with E-state index in [0.717, 1.165) is 24.2 Å². The van der Waals surface area contributed by atoms with Crippen molar-refractivity contribution in [1.29, 1.82) is 0 Å². The van der Waals surface area contributed by atoms with Gasteiger partial charge in [0.25, 0.3) is 5.91 Å². The minimum atomic E-state index is -0.199. The van der Waals surface area contributed by atoms with E-state index >= 15 is 0 Å². The van der Waals surface area contributed by atoms with Crippen molar-refractivity contribution in [2.45, 2.75) is 45.3 Å². The summed E-state index contributed by atoms with van der Waals surface area (Å²) in [5.41, 5.74) is 1.68. The molecule has 11 heteroatoms. The van der Waals surface area contributed by atoms with E-state index < -0.39 is 0 Å². The Morgan fingerprint density at radius 2 is 2.03 bits per heavy atom. The maximum absolute atomic E-state index is 12.4. The van der Waals surface area contributed by atoms with Gasteiger partial charge < -0.3 is 14.8 Å². The third-order valence-corrected chi connectivity index (χ3v) is 7.44. The second-order valence-corrected chi connectivity index (χ2v) is 10.0. The van der Waals surface area contributed by atoms with Crippen LogP contribution in [-0.2, 0) is 17.8 Å². The average molecular weight is 479 g/mol. The predicted molar refractivity (Wildman–Crippen MR) is 127 cm³/mol. The Balaban J connectivity index is 1.65. The Labute approximate surface area is 194 Å². The Hall–Kier alpha value is -2.24. The Bertz CT molecular complexity index is 1070. The van der Waals surface area contributed by atoms with Crippen LogP contribution in [0.25, 0.3) is 11.4 Å². The molecule has 0 aliphatic carbocycles. The lowest BCUT2D eigenvalue weighted by atomic mass is 10.2. The summed E-state index contributed by atoms with van der Waals surface area (Å²) in [6.45, 7) is 6.69. The van der Waals surface area contributed by atoms with E-state index in [1.165, 1.54) is 32.9 Å². The minimum Gasteiger partial charge on any atom is -0.344 e. The van der Waals surface area contributed by atoms with Crippen LogP contribution in [0, 0.1) is 6.92 Å². The Kier molecular flexibility index (Phi) is 7.84. The highest BCUT2D eigenvalue weighted by molar-refractivity contribution is 7.99. The first-order valence-corrected chi connectivity index (χ1v) is 12.6. The summed E-state index contributed by atoms with van der Waals surface area (Å²) in [6.07, 6.45) is 2.17. The van der Waals surface area contributed by atoms with Crippen molar-refractivity contribution in [3.8, 4) is 11.4 Å². The molecule has 3 heterocycles. The zero-order chi connectivity index (χ0) is 22.5. The summed E-state index contributed by atoms with van der Waals surface area (Å²) in [5, 5.41) is 14.7. The molecule has 0 saturated carbocycles. The number of aryl methyl sites for hydroxylation is 2. The van der Waals surface area contributed by atoms with Crippen molar-refractivity contribution in [3.05, 3.63) is 26.9 Å². The normalized spacial score (nSPS) is 11.0. The third kappa shape index (κ3) is 5.52. The summed E-state index contributed by atoms with van der Waals surface area (Å²) in [7, 11) is 3.38. The van der Waals surface area contributed by atoms with E-state index in [2.05, 4.69) is 38.9 Å². The van der Waals surface area contributed by atoms with Crippen molar-refractivity contribution in [2.75, 3.05) is 25.2 Å². The largest absolute Gasteiger partial charge is 0.344 e. The van der Waals surface area contributed by atoms with Gasteiger partial charge in [-0.15, -0.1) is 21.5 Å². The molecule has 0 saturated heterocycles. The van der Waals surface area contributed by atoms with Gasteiger partial charge in [0, 0.05) is 36.5 Å². The van der Waals surface area contributed by atoms with Crippen LogP contribution in [-0.4, -0.2) is 56.3 Å². The van der Waals surface area contributed by atoms with Crippen LogP contribution in [0.5, 0.6) is 0 Å². The number of rotatable bonds is 9. The number of nitrogens with one attached hydrogen (secondary N) is 1. The standard InChI is InChI=1S/C20H26N6O2S3/c1-6-8-14-9-13(10-29-14)17-23-24-20(26(17)7-2)30-11-15(27)22-19-21-12(3)16(31-19)18(28)25(4)5/h9-10H,6-8,11H2,1-5H3,(H,21,22,27). The summed E-state index contributed by atoms with van der Waals surface area (Å²) >= 11 is 4.26. The van der Waals surface area contributed by atoms with Gasteiger partial charge in [-0.1, -0.05) is 36.4 Å². The third-order valence-electron chi connectivity index (χ3n) is 4.42. The molecule has 0 aromatic carbocycles. The Morgan fingerprint density at radius 3 is 2.71 bits per heavy atom. The first kappa shape index (κ1) is 23.4. The van der Waals surface area contributed by atoms with Crippen molar-refractivity contribution in [3.63, 3.8) is 0 Å². The molecule has 166 valence electrons. The van der Waals surface area contributed by atoms with E-state index in [4.69, 9.17) is 0 Å². The van der Waals surface area contributed by atoms with Gasteiger partial charge in [0.05, 0.1) is 11.4 Å². The number of thiophene rings is 1. The van der Waals surface area contributed by atoms with Gasteiger partial charge in [0.2, 0.25) is 5.91 Å². The molecule has 0 radical (unpaired) electrons. The van der Waals surface area contributed by atoms with Gasteiger partial charge in [-0.2, -0.15) is 0 Å². The first-order valence-electron chi connectivity index (χ1n) is 9.96. The van der Waals surface area contributed by atoms with Crippen LogP contribution in [0.1, 0.15) is 40.5 Å². The van der Waals surface area contributed by atoms with Gasteiger partial charge in [-0.05, 0) is 26.3 Å². The number of hydrogen-bond acceptors (Lipinski definition) is 8. The van der Waals surface area contributed by atoms with Crippen molar-refractivity contribution >= 4 is 51.4 Å². The summed E-state index contributed by atoms with van der Waals surface area (Å²) in [5.74, 6) is 0.685. The molecule has 0 aliphatic rings. The van der Waals surface area contributed by atoms with Gasteiger partial charge in [-0.3, -0.25) is 9.59 Å². The number of carbonyl (C=O) groups excluding carboxylic acids is 2. The van der Waals surface area contributed by atoms with Crippen LogP contribution in [0.15, 0.2) is 16.6 Å². The highest BCUT2D eigenvalue weighted by atomic mass is 32.2. The molecule has 3 rings (SSSR count). The van der Waals surface area contributed by atoms with Crippen LogP contribution in [0.4, 0.5) is 5.13 Å². The number of thiazole rings is 1. The zero-order valence-electron chi connectivity index (χ0n) is 18.3. The molecule has 0 bridgehead atoms. The molecule has 0 aliphatic heterocycles. The lowest BCUT2D eigenvalue weighted by Crippen LogP contribution is -2.21. The first-order chi connectivity index (χ1) is 14.8. The highest BCUT2D eigenvalue weighted by Gasteiger charge is 2.19. The molecular weight excluding hydrogens is 452 g/mol. The van der Waals surface area contributed by atoms with E-state index in [1.54, 1.807) is 32.4 Å². The second kappa shape index (κ2) is 10.4. The fourth-order valence-corrected chi connectivity index (χ4v) is 5.68. The molecule has 2 amide bonds. The topological polar surface area (TPSA) is 93.0 Å². The summed E-state index contributed by atoms with van der Waals surface area (Å²) in [4.78, 5) is 32.3. The summed E-state index contributed by atoms with van der Waals surface area (Å²) < 4.78 is 2.02. The molecule has 31 heavy (non-hydrogen) atoms. The van der Waals surface area contributed by atoms with Gasteiger partial charge in [0.15, 0.2) is 16.1 Å². The molecule has 0 fully saturated rings. The van der Waals surface area contributed by atoms with Crippen LogP contribution in [0.2, 0.25) is 0 Å². The minimum absolute atomic E-state index is 0.121. The highest BCUT2D eigenvalue weighted by Crippen LogP contribution is 2.29. The van der Waals surface area contributed by atoms with Crippen LogP contribution < -0.4 is 5.32 Å². The van der Waals surface area contributed by atoms with Crippen LogP contribution >= 0.6 is 34.4 Å². The molecule has 0 spiro atoms.